The van der Waals surface area contributed by atoms with Gasteiger partial charge in [-0.05, 0) is 42.9 Å². The highest BCUT2D eigenvalue weighted by Crippen LogP contribution is 2.26. The van der Waals surface area contributed by atoms with Gasteiger partial charge in [0.2, 0.25) is 0 Å². The summed E-state index contributed by atoms with van der Waals surface area (Å²) in [7, 11) is 0. The lowest BCUT2D eigenvalue weighted by Gasteiger charge is -2.28. The first-order valence-corrected chi connectivity index (χ1v) is 7.69. The van der Waals surface area contributed by atoms with Crippen molar-refractivity contribution in [2.45, 2.75) is 40.5 Å². The van der Waals surface area contributed by atoms with Crippen LogP contribution < -0.4 is 10.6 Å². The fraction of sp³-hybridized carbons (Fsp3) is 0.588. The van der Waals surface area contributed by atoms with Crippen LogP contribution >= 0.6 is 0 Å². The van der Waals surface area contributed by atoms with Crippen LogP contribution in [0.4, 0.5) is 11.4 Å². The highest BCUT2D eigenvalue weighted by molar-refractivity contribution is 5.90. The van der Waals surface area contributed by atoms with Gasteiger partial charge < -0.3 is 15.7 Å². The van der Waals surface area contributed by atoms with E-state index >= 15 is 0 Å². The molecule has 0 bridgehead atoms. The van der Waals surface area contributed by atoms with Crippen LogP contribution in [0.1, 0.15) is 50.9 Å². The Morgan fingerprint density at radius 1 is 1.14 bits per heavy atom. The van der Waals surface area contributed by atoms with Gasteiger partial charge in [0.25, 0.3) is 0 Å². The minimum Gasteiger partial charge on any atom is -0.478 e. The van der Waals surface area contributed by atoms with Crippen LogP contribution in [0.5, 0.6) is 0 Å². The molecule has 4 nitrogen and oxygen atoms in total. The number of nitrogen functional groups attached to an aromatic ring is 1. The molecule has 0 heterocycles. The van der Waals surface area contributed by atoms with E-state index in [0.717, 1.165) is 31.6 Å². The van der Waals surface area contributed by atoms with Gasteiger partial charge in [-0.1, -0.05) is 27.7 Å². The second-order valence-corrected chi connectivity index (χ2v) is 6.43. The zero-order chi connectivity index (χ0) is 16.0. The average Bonchev–Trinajstić information content (AvgIpc) is 2.39. The summed E-state index contributed by atoms with van der Waals surface area (Å²) < 4.78 is 0. The van der Waals surface area contributed by atoms with E-state index in [2.05, 4.69) is 32.6 Å². The van der Waals surface area contributed by atoms with Gasteiger partial charge >= 0.3 is 5.97 Å². The molecule has 0 radical (unpaired) electrons. The fourth-order valence-electron chi connectivity index (χ4n) is 2.13. The highest BCUT2D eigenvalue weighted by atomic mass is 16.4. The van der Waals surface area contributed by atoms with E-state index < -0.39 is 5.97 Å². The molecule has 21 heavy (non-hydrogen) atoms. The van der Waals surface area contributed by atoms with Gasteiger partial charge in [-0.15, -0.1) is 0 Å². The lowest BCUT2D eigenvalue weighted by molar-refractivity contribution is 0.0697. The van der Waals surface area contributed by atoms with E-state index in [-0.39, 0.29) is 0 Å². The molecule has 0 aliphatic rings. The van der Waals surface area contributed by atoms with Gasteiger partial charge in [0.05, 0.1) is 16.9 Å². The van der Waals surface area contributed by atoms with Crippen molar-refractivity contribution in [3.8, 4) is 0 Å². The molecule has 0 aliphatic heterocycles. The summed E-state index contributed by atoms with van der Waals surface area (Å²) in [5.74, 6) is 0.301. The van der Waals surface area contributed by atoms with Gasteiger partial charge in [0.1, 0.15) is 0 Å². The molecule has 0 fully saturated rings. The minimum absolute atomic E-state index is 0.290. The van der Waals surface area contributed by atoms with Crippen molar-refractivity contribution in [2.75, 3.05) is 23.7 Å². The van der Waals surface area contributed by atoms with Gasteiger partial charge in [0, 0.05) is 13.1 Å². The van der Waals surface area contributed by atoms with E-state index in [9.17, 15) is 4.79 Å². The molecule has 118 valence electrons. The standard InChI is InChI=1S/C17H28N2O2/c1-12(2)7-9-19(10-8-13(3)4)16-11-14(17(20)21)5-6-15(16)18/h5-6,11-13H,7-10,18H2,1-4H3,(H,20,21). The summed E-state index contributed by atoms with van der Waals surface area (Å²) in [5, 5.41) is 9.16. The fourth-order valence-corrected chi connectivity index (χ4v) is 2.13. The molecule has 0 spiro atoms. The number of benzene rings is 1. The molecule has 0 amide bonds. The summed E-state index contributed by atoms with van der Waals surface area (Å²) in [4.78, 5) is 13.4. The third-order valence-electron chi connectivity index (χ3n) is 3.57. The molecule has 0 aromatic heterocycles. The van der Waals surface area contributed by atoms with Crippen molar-refractivity contribution in [3.63, 3.8) is 0 Å². The summed E-state index contributed by atoms with van der Waals surface area (Å²) >= 11 is 0. The number of anilines is 2. The van der Waals surface area contributed by atoms with Gasteiger partial charge in [-0.25, -0.2) is 4.79 Å². The third kappa shape index (κ3) is 5.66. The summed E-state index contributed by atoms with van der Waals surface area (Å²) in [5.41, 5.74) is 7.85. The lowest BCUT2D eigenvalue weighted by atomic mass is 10.1. The zero-order valence-corrected chi connectivity index (χ0v) is 13.6. The Hall–Kier alpha value is -1.71. The number of carboxylic acids is 1. The number of carboxylic acid groups (broad SMARTS) is 1. The van der Waals surface area contributed by atoms with E-state index in [0.29, 0.717) is 23.1 Å². The molecule has 0 saturated heterocycles. The van der Waals surface area contributed by atoms with Crippen LogP contribution in [0.25, 0.3) is 0 Å². The smallest absolute Gasteiger partial charge is 0.335 e. The van der Waals surface area contributed by atoms with Crippen LogP contribution in [-0.4, -0.2) is 24.2 Å². The van der Waals surface area contributed by atoms with E-state index in [4.69, 9.17) is 10.8 Å². The van der Waals surface area contributed by atoms with Gasteiger partial charge in [-0.3, -0.25) is 0 Å². The van der Waals surface area contributed by atoms with Gasteiger partial charge in [-0.2, -0.15) is 0 Å². The molecule has 1 aromatic carbocycles. The molecule has 0 atom stereocenters. The normalized spacial score (nSPS) is 11.1. The van der Waals surface area contributed by atoms with Crippen LogP contribution in [0, 0.1) is 11.8 Å². The van der Waals surface area contributed by atoms with E-state index in [1.807, 2.05) is 0 Å². The maximum Gasteiger partial charge on any atom is 0.335 e. The van der Waals surface area contributed by atoms with Crippen molar-refractivity contribution in [2.24, 2.45) is 11.8 Å². The topological polar surface area (TPSA) is 66.6 Å². The first kappa shape index (κ1) is 17.3. The van der Waals surface area contributed by atoms with Crippen LogP contribution in [0.15, 0.2) is 18.2 Å². The predicted molar refractivity (Wildman–Crippen MR) is 88.9 cm³/mol. The van der Waals surface area contributed by atoms with Crippen molar-refractivity contribution in [3.05, 3.63) is 23.8 Å². The molecule has 4 heteroatoms. The van der Waals surface area contributed by atoms with Crippen molar-refractivity contribution in [1.82, 2.24) is 0 Å². The molecule has 0 aliphatic carbocycles. The summed E-state index contributed by atoms with van der Waals surface area (Å²) in [6, 6.07) is 4.94. The van der Waals surface area contributed by atoms with Crippen molar-refractivity contribution in [1.29, 1.82) is 0 Å². The Morgan fingerprint density at radius 3 is 2.10 bits per heavy atom. The SMILES string of the molecule is CC(C)CCN(CCC(C)C)c1cc(C(=O)O)ccc1N. The summed E-state index contributed by atoms with van der Waals surface area (Å²) in [6.07, 6.45) is 2.13. The molecule has 0 unspecified atom stereocenters. The Labute approximate surface area is 128 Å². The monoisotopic (exact) mass is 292 g/mol. The lowest BCUT2D eigenvalue weighted by Crippen LogP contribution is -2.28. The molecule has 0 saturated carbocycles. The number of rotatable bonds is 8. The molecular weight excluding hydrogens is 264 g/mol. The second-order valence-electron chi connectivity index (χ2n) is 6.43. The number of nitrogens with zero attached hydrogens (tertiary/aromatic N) is 1. The predicted octanol–water partition coefficient (Wildman–Crippen LogP) is 3.87. The molecular formula is C17H28N2O2. The van der Waals surface area contributed by atoms with Crippen LogP contribution in [0.3, 0.4) is 0 Å². The highest BCUT2D eigenvalue weighted by Gasteiger charge is 2.14. The quantitative estimate of drug-likeness (QED) is 0.714. The average molecular weight is 292 g/mol. The number of aromatic carboxylic acids is 1. The minimum atomic E-state index is -0.913. The first-order chi connectivity index (χ1) is 9.81. The second kappa shape index (κ2) is 7.91. The zero-order valence-electron chi connectivity index (χ0n) is 13.6. The Kier molecular flexibility index (Phi) is 6.53. The molecule has 1 aromatic rings. The number of hydrogen-bond acceptors (Lipinski definition) is 3. The van der Waals surface area contributed by atoms with E-state index in [1.165, 1.54) is 0 Å². The largest absolute Gasteiger partial charge is 0.478 e. The number of carbonyl (C=O) groups is 1. The van der Waals surface area contributed by atoms with Crippen molar-refractivity contribution >= 4 is 17.3 Å². The van der Waals surface area contributed by atoms with Gasteiger partial charge in [0.15, 0.2) is 0 Å². The number of nitrogens with two attached hydrogens (primary N) is 1. The third-order valence-corrected chi connectivity index (χ3v) is 3.57. The molecule has 3 N–H and O–H groups in total. The van der Waals surface area contributed by atoms with Crippen LogP contribution in [-0.2, 0) is 0 Å². The summed E-state index contributed by atoms with van der Waals surface area (Å²) in [6.45, 7) is 10.6. The maximum absolute atomic E-state index is 11.2. The Morgan fingerprint density at radius 2 is 1.67 bits per heavy atom. The first-order valence-electron chi connectivity index (χ1n) is 7.69. The number of hydrogen-bond donors (Lipinski definition) is 2. The van der Waals surface area contributed by atoms with Crippen LogP contribution in [0.2, 0.25) is 0 Å². The Bertz CT molecular complexity index is 458. The Balaban J connectivity index is 2.99. The van der Waals surface area contributed by atoms with Crippen molar-refractivity contribution < 1.29 is 9.90 Å². The van der Waals surface area contributed by atoms with E-state index in [1.54, 1.807) is 18.2 Å². The molecule has 1 rings (SSSR count). The maximum atomic E-state index is 11.2.